The van der Waals surface area contributed by atoms with E-state index in [1.165, 1.54) is 15.9 Å². The molecule has 6 rings (SSSR count). The number of carboxylic acids is 1. The lowest BCUT2D eigenvalue weighted by Gasteiger charge is -2.26. The molecule has 0 radical (unpaired) electrons. The van der Waals surface area contributed by atoms with Gasteiger partial charge in [-0.3, -0.25) is 9.36 Å². The predicted octanol–water partition coefficient (Wildman–Crippen LogP) is 3.89. The smallest absolute Gasteiger partial charge is 0.341 e. The SMILES string of the molecule is CCOC(=O)C1=C(c2ccccc2)N=c2s/c(=C/c3ccc(OCC(=O)O)c(Br)c3)c(=O)n2[C@@H]1c1ccc2c(c1)OCO2. The minimum atomic E-state index is -1.09. The second kappa shape index (κ2) is 11.9. The highest BCUT2D eigenvalue weighted by Crippen LogP contribution is 2.40. The van der Waals surface area contributed by atoms with Gasteiger partial charge in [0.2, 0.25) is 6.79 Å². The molecule has 12 heteroatoms. The highest BCUT2D eigenvalue weighted by atomic mass is 79.9. The molecule has 0 aliphatic carbocycles. The van der Waals surface area contributed by atoms with Gasteiger partial charge in [0.05, 0.1) is 32.9 Å². The quantitative estimate of drug-likeness (QED) is 0.282. The van der Waals surface area contributed by atoms with Gasteiger partial charge in [0.15, 0.2) is 22.9 Å². The summed E-state index contributed by atoms with van der Waals surface area (Å²) in [7, 11) is 0. The first-order chi connectivity index (χ1) is 20.8. The van der Waals surface area contributed by atoms with E-state index < -0.39 is 24.6 Å². The zero-order chi connectivity index (χ0) is 30.1. The molecule has 0 spiro atoms. The number of esters is 1. The molecule has 0 saturated carbocycles. The largest absolute Gasteiger partial charge is 0.481 e. The van der Waals surface area contributed by atoms with Crippen molar-refractivity contribution in [1.29, 1.82) is 0 Å². The molecule has 3 aromatic carbocycles. The van der Waals surface area contributed by atoms with E-state index in [0.717, 1.165) is 0 Å². The van der Waals surface area contributed by atoms with Gasteiger partial charge < -0.3 is 24.1 Å². The first-order valence-corrected chi connectivity index (χ1v) is 14.8. The number of aromatic nitrogens is 1. The fourth-order valence-electron chi connectivity index (χ4n) is 4.85. The van der Waals surface area contributed by atoms with E-state index in [-0.39, 0.29) is 24.5 Å². The Hall–Kier alpha value is -4.68. The molecule has 43 heavy (non-hydrogen) atoms. The van der Waals surface area contributed by atoms with Crippen LogP contribution in [0.4, 0.5) is 0 Å². The Morgan fingerprint density at radius 1 is 1.12 bits per heavy atom. The molecule has 2 aliphatic heterocycles. The Morgan fingerprint density at radius 3 is 2.65 bits per heavy atom. The van der Waals surface area contributed by atoms with Gasteiger partial charge in [-0.1, -0.05) is 53.8 Å². The maximum Gasteiger partial charge on any atom is 0.341 e. The predicted molar refractivity (Wildman–Crippen MR) is 161 cm³/mol. The topological polar surface area (TPSA) is 126 Å². The molecule has 1 atom stereocenters. The number of aliphatic carboxylic acids is 1. The summed E-state index contributed by atoms with van der Waals surface area (Å²) in [4.78, 5) is 43.8. The number of fused-ring (bicyclic) bond motifs is 2. The zero-order valence-electron chi connectivity index (χ0n) is 22.6. The molecule has 0 saturated heterocycles. The molecule has 0 bridgehead atoms. The fourth-order valence-corrected chi connectivity index (χ4v) is 6.37. The van der Waals surface area contributed by atoms with Gasteiger partial charge in [-0.05, 0) is 64.3 Å². The third-order valence-corrected chi connectivity index (χ3v) is 8.29. The Labute approximate surface area is 256 Å². The van der Waals surface area contributed by atoms with Crippen LogP contribution in [-0.4, -0.2) is 41.6 Å². The summed E-state index contributed by atoms with van der Waals surface area (Å²) in [6.07, 6.45) is 1.71. The van der Waals surface area contributed by atoms with Crippen molar-refractivity contribution in [3.05, 3.63) is 113 Å². The normalized spacial score (nSPS) is 15.6. The number of benzene rings is 3. The molecule has 3 heterocycles. The summed E-state index contributed by atoms with van der Waals surface area (Å²) < 4.78 is 24.3. The average molecular weight is 664 g/mol. The fraction of sp³-hybridized carbons (Fsp3) is 0.161. The van der Waals surface area contributed by atoms with Crippen LogP contribution in [0.15, 0.2) is 86.6 Å². The van der Waals surface area contributed by atoms with E-state index in [1.54, 1.807) is 49.4 Å². The molecule has 10 nitrogen and oxygen atoms in total. The van der Waals surface area contributed by atoms with E-state index in [4.69, 9.17) is 29.0 Å². The Bertz CT molecular complexity index is 1970. The minimum absolute atomic E-state index is 0.0765. The van der Waals surface area contributed by atoms with Crippen molar-refractivity contribution >= 4 is 51.0 Å². The first kappa shape index (κ1) is 28.4. The summed E-state index contributed by atoms with van der Waals surface area (Å²) in [6.45, 7) is 1.46. The average Bonchev–Trinajstić information content (AvgIpc) is 3.59. The molecule has 4 aromatic rings. The van der Waals surface area contributed by atoms with Gasteiger partial charge in [-0.15, -0.1) is 0 Å². The van der Waals surface area contributed by atoms with E-state index in [2.05, 4.69) is 15.9 Å². The van der Waals surface area contributed by atoms with Crippen LogP contribution in [-0.2, 0) is 14.3 Å². The second-order valence-corrected chi connectivity index (χ2v) is 11.3. The van der Waals surface area contributed by atoms with Crippen LogP contribution >= 0.6 is 27.3 Å². The number of carbonyl (C=O) groups excluding carboxylic acids is 1. The van der Waals surface area contributed by atoms with Gasteiger partial charge >= 0.3 is 11.9 Å². The zero-order valence-corrected chi connectivity index (χ0v) is 25.0. The van der Waals surface area contributed by atoms with Gasteiger partial charge in [0.1, 0.15) is 5.75 Å². The molecule has 0 fully saturated rings. The molecule has 1 N–H and O–H groups in total. The van der Waals surface area contributed by atoms with Crippen LogP contribution in [0.25, 0.3) is 11.8 Å². The van der Waals surface area contributed by atoms with Crippen molar-refractivity contribution in [3.63, 3.8) is 0 Å². The lowest BCUT2D eigenvalue weighted by atomic mass is 9.93. The number of hydrogen-bond donors (Lipinski definition) is 1. The molecule has 0 unspecified atom stereocenters. The Kier molecular flexibility index (Phi) is 7.87. The highest BCUT2D eigenvalue weighted by molar-refractivity contribution is 9.10. The minimum Gasteiger partial charge on any atom is -0.481 e. The molecular weight excluding hydrogens is 640 g/mol. The van der Waals surface area contributed by atoms with Gasteiger partial charge in [-0.25, -0.2) is 14.6 Å². The monoisotopic (exact) mass is 662 g/mol. The lowest BCUT2D eigenvalue weighted by molar-refractivity contribution is -0.140. The molecular formula is C31H23BrN2O8S. The Balaban J connectivity index is 1.55. The van der Waals surface area contributed by atoms with Crippen LogP contribution in [0.5, 0.6) is 17.2 Å². The van der Waals surface area contributed by atoms with E-state index in [9.17, 15) is 14.4 Å². The van der Waals surface area contributed by atoms with Crippen molar-refractivity contribution < 1.29 is 33.6 Å². The second-order valence-electron chi connectivity index (χ2n) is 9.42. The number of carboxylic acid groups (broad SMARTS) is 1. The van der Waals surface area contributed by atoms with Crippen molar-refractivity contribution in [1.82, 2.24) is 4.57 Å². The molecule has 0 amide bonds. The number of hydrogen-bond acceptors (Lipinski definition) is 9. The third kappa shape index (κ3) is 5.58. The van der Waals surface area contributed by atoms with Crippen LogP contribution in [0, 0.1) is 0 Å². The Morgan fingerprint density at radius 2 is 1.91 bits per heavy atom. The number of carbonyl (C=O) groups is 2. The standard InChI is InChI=1S/C31H23BrN2O8S/c1-2-39-30(38)26-27(18-6-4-3-5-7-18)33-31-34(28(26)19-9-11-22-23(14-19)42-16-41-22)29(37)24(43-31)13-17-8-10-21(20(32)12-17)40-15-25(35)36/h3-14,28H,2,15-16H2,1H3,(H,35,36)/b24-13+/t28-/m1/s1. The molecule has 218 valence electrons. The maximum atomic E-state index is 14.1. The first-order valence-electron chi connectivity index (χ1n) is 13.2. The van der Waals surface area contributed by atoms with E-state index in [0.29, 0.717) is 53.4 Å². The van der Waals surface area contributed by atoms with Gasteiger partial charge in [0, 0.05) is 5.56 Å². The number of halogens is 1. The van der Waals surface area contributed by atoms with Crippen molar-refractivity contribution in [2.24, 2.45) is 4.99 Å². The molecule has 2 aliphatic rings. The van der Waals surface area contributed by atoms with Gasteiger partial charge in [0.25, 0.3) is 5.56 Å². The number of rotatable bonds is 8. The van der Waals surface area contributed by atoms with Crippen molar-refractivity contribution in [3.8, 4) is 17.2 Å². The number of nitrogens with zero attached hydrogens (tertiary/aromatic N) is 2. The summed E-state index contributed by atoms with van der Waals surface area (Å²) >= 11 is 4.60. The van der Waals surface area contributed by atoms with Crippen LogP contribution in [0.2, 0.25) is 0 Å². The summed E-state index contributed by atoms with van der Waals surface area (Å²) in [5.74, 6) is -0.233. The van der Waals surface area contributed by atoms with E-state index in [1.807, 2.05) is 30.3 Å². The van der Waals surface area contributed by atoms with Crippen LogP contribution in [0.3, 0.4) is 0 Å². The van der Waals surface area contributed by atoms with Crippen molar-refractivity contribution in [2.75, 3.05) is 20.0 Å². The summed E-state index contributed by atoms with van der Waals surface area (Å²) in [6, 6.07) is 18.8. The third-order valence-electron chi connectivity index (χ3n) is 6.69. The summed E-state index contributed by atoms with van der Waals surface area (Å²) in [5.41, 5.74) is 2.31. The van der Waals surface area contributed by atoms with Crippen LogP contribution in [0.1, 0.15) is 29.7 Å². The summed E-state index contributed by atoms with van der Waals surface area (Å²) in [5, 5.41) is 8.91. The maximum absolute atomic E-state index is 14.1. The number of ether oxygens (including phenoxy) is 4. The van der Waals surface area contributed by atoms with Gasteiger partial charge in [-0.2, -0.15) is 0 Å². The van der Waals surface area contributed by atoms with Crippen molar-refractivity contribution in [2.45, 2.75) is 13.0 Å². The number of thiazole rings is 1. The lowest BCUT2D eigenvalue weighted by Crippen LogP contribution is -2.40. The van der Waals surface area contributed by atoms with Crippen LogP contribution < -0.4 is 29.1 Å². The van der Waals surface area contributed by atoms with E-state index >= 15 is 0 Å². The highest BCUT2D eigenvalue weighted by Gasteiger charge is 2.36. The molecule has 1 aromatic heterocycles.